The van der Waals surface area contributed by atoms with E-state index >= 15 is 4.11 Å². The van der Waals surface area contributed by atoms with Gasteiger partial charge in [0.15, 0.2) is 6.29 Å². The van der Waals surface area contributed by atoms with Gasteiger partial charge in [0, 0.05) is 116 Å². The number of nitrogens with one attached hydrogen (secondary N) is 8. The second kappa shape index (κ2) is 41.8. The van der Waals surface area contributed by atoms with Gasteiger partial charge in [-0.25, -0.2) is 19.2 Å². The van der Waals surface area contributed by atoms with Crippen molar-refractivity contribution < 1.29 is 117 Å². The molecule has 8 amide bonds. The van der Waals surface area contributed by atoms with Gasteiger partial charge in [0.2, 0.25) is 29.5 Å². The van der Waals surface area contributed by atoms with Gasteiger partial charge in [-0.15, -0.1) is 0 Å². The smallest absolute Gasteiger partial charge is 0.329 e. The van der Waals surface area contributed by atoms with E-state index in [1.54, 1.807) is 31.7 Å². The van der Waals surface area contributed by atoms with Gasteiger partial charge in [-0.1, -0.05) is 53.7 Å². The second-order valence-corrected chi connectivity index (χ2v) is 31.5. The molecule has 1 aliphatic heterocycles. The van der Waals surface area contributed by atoms with E-state index in [2.05, 4.69) is 31.9 Å². The number of nitrogens with zero attached hydrogens (tertiary/aromatic N) is 4. The Morgan fingerprint density at radius 2 is 0.929 bits per heavy atom. The molecule has 0 aromatic heterocycles. The summed E-state index contributed by atoms with van der Waals surface area (Å²) in [4.78, 5) is 181. The molecule has 1 saturated heterocycles. The fourth-order valence-corrected chi connectivity index (χ4v) is 15.8. The highest BCUT2D eigenvalue weighted by Gasteiger charge is 2.56. The summed E-state index contributed by atoms with van der Waals surface area (Å²) in [5, 5.41) is 105. The maximum atomic E-state index is 17.2. The summed E-state index contributed by atoms with van der Waals surface area (Å²) in [5.41, 5.74) is -1.99. The van der Waals surface area contributed by atoms with Gasteiger partial charge in [-0.3, -0.25) is 67.5 Å². The lowest BCUT2D eigenvalue weighted by Crippen LogP contribution is -2.58. The number of aliphatic carboxylic acids is 7. The molecule has 0 bridgehead atoms. The number of unbranched alkanes of at least 4 members (excludes halogenated alkanes) is 1. The van der Waals surface area contributed by atoms with Gasteiger partial charge in [0.1, 0.15) is 23.7 Å². The first-order valence-electron chi connectivity index (χ1n) is 32.5. The van der Waals surface area contributed by atoms with Crippen LogP contribution in [0.2, 0.25) is 10.1 Å². The molecule has 0 radical (unpaired) electrons. The van der Waals surface area contributed by atoms with Crippen molar-refractivity contribution in [3.8, 4) is 0 Å². The summed E-state index contributed by atoms with van der Waals surface area (Å²) in [6.07, 6.45) is -4.79. The van der Waals surface area contributed by atoms with E-state index in [4.69, 9.17) is 5.11 Å². The molecule has 1 aromatic carbocycles. The van der Waals surface area contributed by atoms with Crippen molar-refractivity contribution in [1.82, 2.24) is 62.1 Å². The Bertz CT molecular complexity index is 2890. The number of carbonyl (C=O) groups excluding carboxylic acids is 7. The lowest BCUT2D eigenvalue weighted by atomic mass is 9.96. The summed E-state index contributed by atoms with van der Waals surface area (Å²) < 4.78 is 17.2. The Morgan fingerprint density at radius 3 is 1.35 bits per heavy atom. The third kappa shape index (κ3) is 32.8. The van der Waals surface area contributed by atoms with Gasteiger partial charge in [0.05, 0.1) is 26.2 Å². The van der Waals surface area contributed by atoms with Crippen LogP contribution in [0.5, 0.6) is 0 Å². The maximum absolute atomic E-state index is 17.2. The van der Waals surface area contributed by atoms with Crippen LogP contribution in [0.4, 0.5) is 8.90 Å². The minimum Gasteiger partial charge on any atom is -0.481 e. The predicted molar refractivity (Wildman–Crippen MR) is 353 cm³/mol. The molecular weight excluding hydrogens is 1330 g/mol. The number of urea groups is 1. The van der Waals surface area contributed by atoms with Crippen LogP contribution in [-0.4, -0.2) is 291 Å². The van der Waals surface area contributed by atoms with Gasteiger partial charge < -0.3 is 92.6 Å². The van der Waals surface area contributed by atoms with Crippen LogP contribution >= 0.6 is 0 Å². The minimum absolute atomic E-state index is 0.0190. The number of aliphatic hydroxyl groups excluding tert-OH is 1. The molecule has 0 spiro atoms. The van der Waals surface area contributed by atoms with Crippen LogP contribution in [0.3, 0.4) is 0 Å². The highest BCUT2D eigenvalue weighted by atomic mass is 28.4. The SMILES string of the molecule is CC(CCC(=O)O)(NC(=O)N[C@@H](CCC(=O)N[C@H](CCCNC(=O)CCC(=O)NCCCC[C@H](CC(O)O)NC(=O)[C@@H](CNC(=O)c1ccc([Si](F)(C(C)(C)C)C(C)(C)C)cc1)NC(=O)CN1CCN(CC(=O)O)CCN(CC(=O)O)CCN(CC(=O)O)CC1)C(=O)O)C(=O)O)C(=O)O. The number of hydrogen-bond donors (Lipinski definition) is 17. The van der Waals surface area contributed by atoms with E-state index in [1.807, 2.05) is 52.2 Å². The molecule has 0 aliphatic carbocycles. The molecule has 0 saturated carbocycles. The quantitative estimate of drug-likeness (QED) is 0.0147. The molecule has 1 fully saturated rings. The lowest BCUT2D eigenvalue weighted by molar-refractivity contribution is -0.145. The number of carbonyl (C=O) groups is 14. The van der Waals surface area contributed by atoms with Crippen LogP contribution in [0.1, 0.15) is 136 Å². The summed E-state index contributed by atoms with van der Waals surface area (Å²) in [5.74, 6) is -13.8. The number of aliphatic hydroxyl groups is 2. The van der Waals surface area contributed by atoms with E-state index in [0.29, 0.717) is 5.19 Å². The van der Waals surface area contributed by atoms with Crippen molar-refractivity contribution in [1.29, 1.82) is 0 Å². The third-order valence-electron chi connectivity index (χ3n) is 16.4. The van der Waals surface area contributed by atoms with Crippen molar-refractivity contribution in [2.45, 2.75) is 172 Å². The molecule has 5 atom stereocenters. The van der Waals surface area contributed by atoms with Crippen LogP contribution in [0, 0.1) is 0 Å². The number of carboxylic acid groups (broad SMARTS) is 7. The van der Waals surface area contributed by atoms with E-state index < -0.39 is 196 Å². The average Bonchev–Trinajstić information content (AvgIpc) is 0.748. The van der Waals surface area contributed by atoms with E-state index in [1.165, 1.54) is 12.1 Å². The number of benzene rings is 1. The zero-order chi connectivity index (χ0) is 75.0. The largest absolute Gasteiger partial charge is 0.481 e. The highest BCUT2D eigenvalue weighted by Crippen LogP contribution is 2.51. The predicted octanol–water partition coefficient (Wildman–Crippen LogP) is -1.94. The normalized spacial score (nSPS) is 15.9. The van der Waals surface area contributed by atoms with Gasteiger partial charge in [0.25, 0.3) is 14.3 Å². The lowest BCUT2D eigenvalue weighted by Gasteiger charge is -2.44. The Kier molecular flexibility index (Phi) is 36.6. The number of amides is 8. The van der Waals surface area contributed by atoms with Crippen LogP contribution in [0.15, 0.2) is 24.3 Å². The van der Waals surface area contributed by atoms with E-state index in [0.717, 1.165) is 6.92 Å². The number of hydrogen-bond acceptors (Lipinski definition) is 20. The Hall–Kier alpha value is -8.49. The first-order chi connectivity index (χ1) is 46.0. The molecule has 35 nitrogen and oxygen atoms in total. The van der Waals surface area contributed by atoms with Crippen molar-refractivity contribution >= 4 is 96.9 Å². The topological polar surface area (TPSA) is 530 Å². The number of halogens is 1. The summed E-state index contributed by atoms with van der Waals surface area (Å²) in [6.45, 7) is 10.5. The van der Waals surface area contributed by atoms with Crippen LogP contribution in [-0.2, 0) is 57.5 Å². The van der Waals surface area contributed by atoms with E-state index in [-0.39, 0.29) is 123 Å². The zero-order valence-corrected chi connectivity index (χ0v) is 58.2. The minimum atomic E-state index is -3.73. The molecule has 99 heavy (non-hydrogen) atoms. The van der Waals surface area contributed by atoms with Crippen LogP contribution < -0.4 is 47.7 Å². The first kappa shape index (κ1) is 86.6. The standard InChI is InChI=1S/C62H101FN12O23Si/c1-60(2,3)99(63,61(4,5)6)41-15-13-39(14-16-41)54(90)66-34-44(69-48(79)35-72-25-27-73(36-51(84)85)29-31-75(38-53(88)89)32-30-74(28-26-72)37-52(86)87)55(91)67-40(33-50(82)83)11-8-9-23-64-45(76)19-20-46(77)65-24-10-12-42(56(92)93)68-47(78)18-17-43(57(94)95)70-59(98)71-62(7,58(96)97)22-21-49(80)81/h13-16,40,42-44,50,82-83H,8-12,17-38H2,1-7H3,(H,64,76)(H,65,77)(H,66,90)(H,67,91)(H,68,78)(H,69,79)(H,80,81)(H,84,85)(H,86,87)(H,88,89)(H,92,93)(H,94,95)(H,96,97)(H2,70,71,98)/t40-,42-,43+,44-,62?/m1/s1. The third-order valence-corrected chi connectivity index (χ3v) is 21.7. The molecule has 1 unspecified atom stereocenters. The maximum Gasteiger partial charge on any atom is 0.329 e. The average molecular weight is 1430 g/mol. The molecule has 1 aromatic rings. The monoisotopic (exact) mass is 1430 g/mol. The fraction of sp³-hybridized carbons (Fsp3) is 0.677. The zero-order valence-electron chi connectivity index (χ0n) is 57.2. The first-order valence-corrected chi connectivity index (χ1v) is 34.3. The molecule has 1 aliphatic rings. The molecule has 37 heteroatoms. The second-order valence-electron chi connectivity index (χ2n) is 26.6. The van der Waals surface area contributed by atoms with Gasteiger partial charge in [-0.2, -0.15) is 0 Å². The molecule has 17 N–H and O–H groups in total. The molecule has 558 valence electrons. The van der Waals surface area contributed by atoms with E-state index in [9.17, 15) is 108 Å². The van der Waals surface area contributed by atoms with Crippen molar-refractivity contribution in [2.24, 2.45) is 0 Å². The Morgan fingerprint density at radius 1 is 0.485 bits per heavy atom. The van der Waals surface area contributed by atoms with Gasteiger partial charge in [-0.05, 0) is 79.3 Å². The number of rotatable bonds is 41. The summed E-state index contributed by atoms with van der Waals surface area (Å²) in [7, 11) is -3.73. The summed E-state index contributed by atoms with van der Waals surface area (Å²) in [6, 6.07) is -0.982. The van der Waals surface area contributed by atoms with Crippen molar-refractivity contribution in [2.75, 3.05) is 98.2 Å². The van der Waals surface area contributed by atoms with Crippen molar-refractivity contribution in [3.05, 3.63) is 29.8 Å². The Labute approximate surface area is 573 Å². The fourth-order valence-electron chi connectivity index (χ4n) is 11.1. The van der Waals surface area contributed by atoms with Crippen molar-refractivity contribution in [3.63, 3.8) is 0 Å². The molecular formula is C62H101FN12O23Si. The molecule has 1 heterocycles. The molecule has 2 rings (SSSR count). The van der Waals surface area contributed by atoms with Crippen LogP contribution in [0.25, 0.3) is 0 Å². The summed E-state index contributed by atoms with van der Waals surface area (Å²) >= 11 is 0. The Balaban J connectivity index is 2.13. The highest BCUT2D eigenvalue weighted by molar-refractivity contribution is 6.90. The number of carboxylic acids is 7. The van der Waals surface area contributed by atoms with Gasteiger partial charge >= 0.3 is 47.8 Å².